The van der Waals surface area contributed by atoms with E-state index in [1.165, 1.54) is 6.20 Å². The third-order valence-corrected chi connectivity index (χ3v) is 1.94. The molecule has 66 valence electrons. The maximum absolute atomic E-state index is 10.6. The van der Waals surface area contributed by atoms with Crippen LogP contribution in [-0.2, 0) is 0 Å². The zero-order valence-corrected chi connectivity index (χ0v) is 7.48. The molecule has 0 aliphatic heterocycles. The number of rotatable bonds is 1. The summed E-state index contributed by atoms with van der Waals surface area (Å²) in [7, 11) is 0. The van der Waals surface area contributed by atoms with Crippen LogP contribution in [0.4, 0.5) is 0 Å². The minimum atomic E-state index is 0.542. The molecule has 0 aliphatic rings. The van der Waals surface area contributed by atoms with Gasteiger partial charge in [0, 0.05) is 11.4 Å². The van der Waals surface area contributed by atoms with E-state index in [0.29, 0.717) is 11.5 Å². The van der Waals surface area contributed by atoms with Crippen molar-refractivity contribution in [2.75, 3.05) is 0 Å². The Balaban J connectivity index is 2.89. The van der Waals surface area contributed by atoms with Crippen LogP contribution in [0.2, 0.25) is 0 Å². The van der Waals surface area contributed by atoms with Crippen molar-refractivity contribution < 1.29 is 4.79 Å². The van der Waals surface area contributed by atoms with Crippen LogP contribution in [0.1, 0.15) is 21.9 Å². The zero-order valence-electron chi connectivity index (χ0n) is 7.48. The standard InChI is InChI=1S/C9H9N3O/c1-6-3-7(2)12-8(5-13)4-10-9(12)11-6/h3-5H,1-2H3. The average molecular weight is 175 g/mol. The van der Waals surface area contributed by atoms with E-state index < -0.39 is 0 Å². The summed E-state index contributed by atoms with van der Waals surface area (Å²) in [5.74, 6) is 0.583. The molecular weight excluding hydrogens is 166 g/mol. The summed E-state index contributed by atoms with van der Waals surface area (Å²) in [6.07, 6.45) is 2.31. The number of aromatic nitrogens is 3. The highest BCUT2D eigenvalue weighted by atomic mass is 16.1. The summed E-state index contributed by atoms with van der Waals surface area (Å²) < 4.78 is 1.74. The van der Waals surface area contributed by atoms with Crippen LogP contribution in [0.3, 0.4) is 0 Å². The normalized spacial score (nSPS) is 10.6. The number of fused-ring (bicyclic) bond motifs is 1. The van der Waals surface area contributed by atoms with Crippen molar-refractivity contribution in [1.29, 1.82) is 0 Å². The lowest BCUT2D eigenvalue weighted by Gasteiger charge is -2.01. The second-order valence-electron chi connectivity index (χ2n) is 2.98. The van der Waals surface area contributed by atoms with Gasteiger partial charge >= 0.3 is 0 Å². The number of hydrogen-bond acceptors (Lipinski definition) is 3. The zero-order chi connectivity index (χ0) is 9.42. The number of hydrogen-bond donors (Lipinski definition) is 0. The number of carbonyl (C=O) groups excluding carboxylic acids is 1. The number of aldehydes is 1. The van der Waals surface area contributed by atoms with Crippen molar-refractivity contribution in [3.63, 3.8) is 0 Å². The summed E-state index contributed by atoms with van der Waals surface area (Å²) in [6.45, 7) is 3.83. The number of aryl methyl sites for hydroxylation is 2. The smallest absolute Gasteiger partial charge is 0.234 e. The molecule has 4 nitrogen and oxygen atoms in total. The van der Waals surface area contributed by atoms with E-state index in [1.54, 1.807) is 4.40 Å². The molecule has 0 N–H and O–H groups in total. The Bertz CT molecular complexity index is 473. The first-order valence-corrected chi connectivity index (χ1v) is 3.99. The molecule has 4 heteroatoms. The van der Waals surface area contributed by atoms with E-state index in [0.717, 1.165) is 17.7 Å². The fourth-order valence-corrected chi connectivity index (χ4v) is 1.44. The van der Waals surface area contributed by atoms with Crippen LogP contribution in [0.5, 0.6) is 0 Å². The van der Waals surface area contributed by atoms with Crippen LogP contribution in [0.25, 0.3) is 5.78 Å². The fraction of sp³-hybridized carbons (Fsp3) is 0.222. The monoisotopic (exact) mass is 175 g/mol. The topological polar surface area (TPSA) is 47.3 Å². The van der Waals surface area contributed by atoms with Crippen molar-refractivity contribution in [2.45, 2.75) is 13.8 Å². The Morgan fingerprint density at radius 3 is 2.92 bits per heavy atom. The molecule has 0 atom stereocenters. The molecule has 0 fully saturated rings. The van der Waals surface area contributed by atoms with Crippen molar-refractivity contribution in [3.8, 4) is 0 Å². The molecule has 0 saturated heterocycles. The van der Waals surface area contributed by atoms with Gasteiger partial charge in [-0.3, -0.25) is 9.20 Å². The van der Waals surface area contributed by atoms with Gasteiger partial charge in [0.05, 0.1) is 6.20 Å². The van der Waals surface area contributed by atoms with E-state index >= 15 is 0 Å². The first kappa shape index (κ1) is 7.91. The van der Waals surface area contributed by atoms with Crippen LogP contribution in [0.15, 0.2) is 12.3 Å². The van der Waals surface area contributed by atoms with Crippen LogP contribution < -0.4 is 0 Å². The maximum Gasteiger partial charge on any atom is 0.234 e. The molecule has 2 aromatic rings. The number of imidazole rings is 1. The Morgan fingerprint density at radius 1 is 1.46 bits per heavy atom. The van der Waals surface area contributed by atoms with E-state index in [1.807, 2.05) is 19.9 Å². The van der Waals surface area contributed by atoms with Crippen molar-refractivity contribution in [1.82, 2.24) is 14.4 Å². The lowest BCUT2D eigenvalue weighted by atomic mass is 10.3. The van der Waals surface area contributed by atoms with E-state index in [9.17, 15) is 4.79 Å². The second kappa shape index (κ2) is 2.65. The van der Waals surface area contributed by atoms with Crippen LogP contribution in [0, 0.1) is 13.8 Å². The van der Waals surface area contributed by atoms with Crippen molar-refractivity contribution in [3.05, 3.63) is 29.3 Å². The SMILES string of the molecule is Cc1cc(C)n2c(C=O)cnc2n1. The Morgan fingerprint density at radius 2 is 2.23 bits per heavy atom. The number of nitrogens with zero attached hydrogens (tertiary/aromatic N) is 3. The Kier molecular flexibility index (Phi) is 1.62. The lowest BCUT2D eigenvalue weighted by molar-refractivity contribution is 0.111. The molecule has 13 heavy (non-hydrogen) atoms. The van der Waals surface area contributed by atoms with Crippen LogP contribution >= 0.6 is 0 Å². The van der Waals surface area contributed by atoms with E-state index in [2.05, 4.69) is 9.97 Å². The Labute approximate surface area is 75.2 Å². The van der Waals surface area contributed by atoms with Crippen molar-refractivity contribution >= 4 is 12.1 Å². The van der Waals surface area contributed by atoms with Gasteiger partial charge in [0.1, 0.15) is 5.69 Å². The third-order valence-electron chi connectivity index (χ3n) is 1.94. The molecule has 0 amide bonds. The van der Waals surface area contributed by atoms with E-state index in [-0.39, 0.29) is 0 Å². The molecule has 0 bridgehead atoms. The van der Waals surface area contributed by atoms with Crippen LogP contribution in [-0.4, -0.2) is 20.7 Å². The molecule has 0 aliphatic carbocycles. The molecule has 2 heterocycles. The molecule has 0 saturated carbocycles. The second-order valence-corrected chi connectivity index (χ2v) is 2.98. The lowest BCUT2D eigenvalue weighted by Crippen LogP contribution is -1.99. The third kappa shape index (κ3) is 1.11. The largest absolute Gasteiger partial charge is 0.296 e. The summed E-state index contributed by atoms with van der Waals surface area (Å²) in [5.41, 5.74) is 2.43. The minimum Gasteiger partial charge on any atom is -0.296 e. The molecule has 2 aromatic heterocycles. The van der Waals surface area contributed by atoms with Gasteiger partial charge in [-0.25, -0.2) is 9.97 Å². The summed E-state index contributed by atoms with van der Waals surface area (Å²) in [4.78, 5) is 18.9. The molecule has 2 rings (SSSR count). The fourth-order valence-electron chi connectivity index (χ4n) is 1.44. The molecule has 0 spiro atoms. The van der Waals surface area contributed by atoms with Gasteiger partial charge < -0.3 is 0 Å². The average Bonchev–Trinajstić information content (AvgIpc) is 2.47. The molecule has 0 aromatic carbocycles. The van der Waals surface area contributed by atoms with E-state index in [4.69, 9.17) is 0 Å². The summed E-state index contributed by atoms with van der Waals surface area (Å²) >= 11 is 0. The van der Waals surface area contributed by atoms with Gasteiger partial charge in [-0.1, -0.05) is 0 Å². The van der Waals surface area contributed by atoms with Gasteiger partial charge in [0.2, 0.25) is 5.78 Å². The quantitative estimate of drug-likeness (QED) is 0.611. The maximum atomic E-state index is 10.6. The first-order valence-electron chi connectivity index (χ1n) is 3.99. The molecule has 0 unspecified atom stereocenters. The molecular formula is C9H9N3O. The van der Waals surface area contributed by atoms with Gasteiger partial charge in [-0.15, -0.1) is 0 Å². The predicted molar refractivity (Wildman–Crippen MR) is 47.8 cm³/mol. The van der Waals surface area contributed by atoms with Gasteiger partial charge in [-0.2, -0.15) is 0 Å². The number of carbonyl (C=O) groups is 1. The molecule has 0 radical (unpaired) electrons. The highest BCUT2D eigenvalue weighted by molar-refractivity contribution is 5.73. The van der Waals surface area contributed by atoms with Gasteiger partial charge in [0.25, 0.3) is 0 Å². The van der Waals surface area contributed by atoms with Gasteiger partial charge in [0.15, 0.2) is 6.29 Å². The summed E-state index contributed by atoms with van der Waals surface area (Å²) in [5, 5.41) is 0. The summed E-state index contributed by atoms with van der Waals surface area (Å²) in [6, 6.07) is 1.92. The first-order chi connectivity index (χ1) is 6.22. The Hall–Kier alpha value is -1.71. The predicted octanol–water partition coefficient (Wildman–Crippen LogP) is 1.16. The minimum absolute atomic E-state index is 0.542. The highest BCUT2D eigenvalue weighted by Gasteiger charge is 2.05. The van der Waals surface area contributed by atoms with Crippen molar-refractivity contribution in [2.24, 2.45) is 0 Å². The van der Waals surface area contributed by atoms with Gasteiger partial charge in [-0.05, 0) is 19.9 Å². The highest BCUT2D eigenvalue weighted by Crippen LogP contribution is 2.08.